The third-order valence-corrected chi connectivity index (χ3v) is 2.05. The van der Waals surface area contributed by atoms with Crippen LogP contribution in [0.3, 0.4) is 0 Å². The van der Waals surface area contributed by atoms with Crippen molar-refractivity contribution in [2.24, 2.45) is 0 Å². The molecule has 0 aliphatic carbocycles. The van der Waals surface area contributed by atoms with E-state index in [9.17, 15) is 0 Å². The Morgan fingerprint density at radius 1 is 1.73 bits per heavy atom. The Balaban J connectivity index is 3.16. The lowest BCUT2D eigenvalue weighted by atomic mass is 10.2. The zero-order valence-electron chi connectivity index (χ0n) is 5.71. The van der Waals surface area contributed by atoms with Gasteiger partial charge in [0.2, 0.25) is 0 Å². The molecule has 1 aromatic rings. The topological polar surface area (TPSA) is 36.7 Å². The molecule has 0 saturated carbocycles. The van der Waals surface area contributed by atoms with Crippen LogP contribution in [-0.2, 0) is 0 Å². The van der Waals surface area contributed by atoms with Gasteiger partial charge in [-0.15, -0.1) is 0 Å². The largest absolute Gasteiger partial charge is 0.254 e. The predicted molar refractivity (Wildman–Crippen MR) is 51.6 cm³/mol. The highest BCUT2D eigenvalue weighted by Gasteiger charge is 2.02. The zero-order valence-corrected chi connectivity index (χ0v) is 7.87. The number of aromatic nitrogens is 1. The van der Waals surface area contributed by atoms with E-state index < -0.39 is 0 Å². The average molecular weight is 256 g/mol. The molecule has 0 amide bonds. The minimum atomic E-state index is 0.412. The maximum atomic E-state index is 8.52. The molecule has 2 nitrogen and oxygen atoms in total. The summed E-state index contributed by atoms with van der Waals surface area (Å²) < 4.78 is 0.955. The van der Waals surface area contributed by atoms with Gasteiger partial charge in [0.05, 0.1) is 11.3 Å². The number of halogens is 1. The summed E-state index contributed by atoms with van der Waals surface area (Å²) in [7, 11) is 0. The first-order chi connectivity index (χ1) is 5.25. The van der Waals surface area contributed by atoms with Crippen molar-refractivity contribution < 1.29 is 0 Å². The Kier molecular flexibility index (Phi) is 2.60. The molecule has 3 heteroatoms. The van der Waals surface area contributed by atoms with Crippen LogP contribution in [0.15, 0.2) is 24.9 Å². The minimum Gasteiger partial charge on any atom is -0.254 e. The monoisotopic (exact) mass is 256 g/mol. The SMILES string of the molecule is C=C(C#N)c1ncccc1I. The summed E-state index contributed by atoms with van der Waals surface area (Å²) in [5.74, 6) is 0. The third-order valence-electron chi connectivity index (χ3n) is 1.18. The van der Waals surface area contributed by atoms with Crippen LogP contribution in [0.1, 0.15) is 5.69 Å². The molecule has 1 rings (SSSR count). The van der Waals surface area contributed by atoms with Crippen LogP contribution in [0.5, 0.6) is 0 Å². The molecule has 1 heterocycles. The summed E-state index contributed by atoms with van der Waals surface area (Å²) in [6.45, 7) is 3.58. The summed E-state index contributed by atoms with van der Waals surface area (Å²) in [4.78, 5) is 4.02. The number of pyridine rings is 1. The predicted octanol–water partition coefficient (Wildman–Crippen LogP) is 2.22. The summed E-state index contributed by atoms with van der Waals surface area (Å²) in [6, 6.07) is 5.68. The van der Waals surface area contributed by atoms with E-state index in [0.717, 1.165) is 3.57 Å². The van der Waals surface area contributed by atoms with E-state index in [0.29, 0.717) is 11.3 Å². The molecule has 0 N–H and O–H groups in total. The first-order valence-electron chi connectivity index (χ1n) is 2.95. The van der Waals surface area contributed by atoms with E-state index in [1.165, 1.54) is 0 Å². The van der Waals surface area contributed by atoms with Crippen molar-refractivity contribution in [2.75, 3.05) is 0 Å². The lowest BCUT2D eigenvalue weighted by Crippen LogP contribution is -1.88. The summed E-state index contributed by atoms with van der Waals surface area (Å²) >= 11 is 2.12. The van der Waals surface area contributed by atoms with E-state index >= 15 is 0 Å². The second kappa shape index (κ2) is 3.49. The van der Waals surface area contributed by atoms with Gasteiger partial charge >= 0.3 is 0 Å². The van der Waals surface area contributed by atoms with Crippen LogP contribution < -0.4 is 0 Å². The lowest BCUT2D eigenvalue weighted by molar-refractivity contribution is 1.26. The van der Waals surface area contributed by atoms with Gasteiger partial charge < -0.3 is 0 Å². The van der Waals surface area contributed by atoms with Crippen molar-refractivity contribution >= 4 is 28.2 Å². The Labute approximate surface area is 78.7 Å². The van der Waals surface area contributed by atoms with Gasteiger partial charge in [-0.1, -0.05) is 6.58 Å². The van der Waals surface area contributed by atoms with Crippen LogP contribution >= 0.6 is 22.6 Å². The van der Waals surface area contributed by atoms with Gasteiger partial charge in [0.1, 0.15) is 6.07 Å². The zero-order chi connectivity index (χ0) is 8.27. The molecule has 0 atom stereocenters. The fourth-order valence-corrected chi connectivity index (χ4v) is 1.33. The highest BCUT2D eigenvalue weighted by atomic mass is 127. The molecule has 0 fully saturated rings. The lowest BCUT2D eigenvalue weighted by Gasteiger charge is -1.97. The Morgan fingerprint density at radius 3 is 3.00 bits per heavy atom. The quantitative estimate of drug-likeness (QED) is 0.570. The summed E-state index contributed by atoms with van der Waals surface area (Å²) in [6.07, 6.45) is 1.65. The molecule has 0 aromatic carbocycles. The Bertz CT molecular complexity index is 325. The molecule has 54 valence electrons. The van der Waals surface area contributed by atoms with Crippen molar-refractivity contribution in [1.82, 2.24) is 4.98 Å². The minimum absolute atomic E-state index is 0.412. The number of allylic oxidation sites excluding steroid dienone is 1. The van der Waals surface area contributed by atoms with E-state index in [1.54, 1.807) is 6.20 Å². The fourth-order valence-electron chi connectivity index (χ4n) is 0.661. The molecule has 0 bridgehead atoms. The van der Waals surface area contributed by atoms with Gasteiger partial charge in [0.25, 0.3) is 0 Å². The van der Waals surface area contributed by atoms with Crippen molar-refractivity contribution in [3.63, 3.8) is 0 Å². The number of rotatable bonds is 1. The smallest absolute Gasteiger partial charge is 0.101 e. The molecule has 0 aliphatic heterocycles. The molecular formula is C8H5IN2. The van der Waals surface area contributed by atoms with Gasteiger partial charge in [0, 0.05) is 9.77 Å². The fraction of sp³-hybridized carbons (Fsp3) is 0. The van der Waals surface area contributed by atoms with E-state index in [1.807, 2.05) is 18.2 Å². The van der Waals surface area contributed by atoms with Crippen LogP contribution in [-0.4, -0.2) is 4.98 Å². The Hall–Kier alpha value is -0.890. The highest BCUT2D eigenvalue weighted by molar-refractivity contribution is 14.1. The second-order valence-corrected chi connectivity index (χ2v) is 3.09. The molecule has 0 spiro atoms. The van der Waals surface area contributed by atoms with Gasteiger partial charge in [-0.25, -0.2) is 0 Å². The number of nitriles is 1. The first-order valence-corrected chi connectivity index (χ1v) is 4.03. The summed E-state index contributed by atoms with van der Waals surface area (Å²) in [5.41, 5.74) is 1.09. The molecule has 0 aliphatic rings. The van der Waals surface area contributed by atoms with Crippen molar-refractivity contribution in [1.29, 1.82) is 5.26 Å². The van der Waals surface area contributed by atoms with E-state index in [2.05, 4.69) is 34.2 Å². The molecule has 0 unspecified atom stereocenters. The second-order valence-electron chi connectivity index (χ2n) is 1.92. The van der Waals surface area contributed by atoms with Crippen molar-refractivity contribution in [2.45, 2.75) is 0 Å². The standard InChI is InChI=1S/C8H5IN2/c1-6(5-10)8-7(9)3-2-4-11-8/h2-4H,1H2. The molecular weight excluding hydrogens is 251 g/mol. The van der Waals surface area contributed by atoms with Gasteiger partial charge in [-0.3, -0.25) is 4.98 Å². The first kappa shape index (κ1) is 8.21. The molecule has 0 saturated heterocycles. The van der Waals surface area contributed by atoms with Gasteiger partial charge in [-0.2, -0.15) is 5.26 Å². The van der Waals surface area contributed by atoms with E-state index in [4.69, 9.17) is 5.26 Å². The number of hydrogen-bond donors (Lipinski definition) is 0. The molecule has 11 heavy (non-hydrogen) atoms. The van der Waals surface area contributed by atoms with E-state index in [-0.39, 0.29) is 0 Å². The van der Waals surface area contributed by atoms with Crippen molar-refractivity contribution in [3.05, 3.63) is 34.2 Å². The molecule has 0 radical (unpaired) electrons. The average Bonchev–Trinajstić information content (AvgIpc) is 2.04. The molecule has 1 aromatic heterocycles. The number of hydrogen-bond acceptors (Lipinski definition) is 2. The number of nitrogens with zero attached hydrogens (tertiary/aromatic N) is 2. The normalized spacial score (nSPS) is 8.73. The maximum Gasteiger partial charge on any atom is 0.101 e. The van der Waals surface area contributed by atoms with Gasteiger partial charge in [-0.05, 0) is 34.7 Å². The Morgan fingerprint density at radius 2 is 2.45 bits per heavy atom. The van der Waals surface area contributed by atoms with Gasteiger partial charge in [0.15, 0.2) is 0 Å². The van der Waals surface area contributed by atoms with Crippen molar-refractivity contribution in [3.8, 4) is 6.07 Å². The van der Waals surface area contributed by atoms with Crippen LogP contribution in [0.25, 0.3) is 5.57 Å². The van der Waals surface area contributed by atoms with Crippen LogP contribution in [0.4, 0.5) is 0 Å². The maximum absolute atomic E-state index is 8.52. The van der Waals surface area contributed by atoms with Crippen LogP contribution in [0.2, 0.25) is 0 Å². The van der Waals surface area contributed by atoms with Crippen LogP contribution in [0, 0.1) is 14.9 Å². The summed E-state index contributed by atoms with van der Waals surface area (Å²) in [5, 5.41) is 8.52. The third kappa shape index (κ3) is 1.77. The highest BCUT2D eigenvalue weighted by Crippen LogP contribution is 2.15.